The number of carbonyl (C=O) groups excluding carboxylic acids is 1. The van der Waals surface area contributed by atoms with Gasteiger partial charge in [0.2, 0.25) is 0 Å². The first-order valence-corrected chi connectivity index (χ1v) is 11.6. The van der Waals surface area contributed by atoms with Crippen molar-refractivity contribution in [3.8, 4) is 0 Å². The topological polar surface area (TPSA) is 17.1 Å². The van der Waals surface area contributed by atoms with E-state index in [2.05, 4.69) is 0 Å². The van der Waals surface area contributed by atoms with Gasteiger partial charge in [-0.3, -0.25) is 0 Å². The zero-order valence-corrected chi connectivity index (χ0v) is 16.9. The van der Waals surface area contributed by atoms with Crippen molar-refractivity contribution in [1.29, 1.82) is 0 Å². The Labute approximate surface area is 156 Å². The maximum atomic E-state index is 10.9. The van der Waals surface area contributed by atoms with Crippen molar-refractivity contribution in [3.05, 3.63) is 0 Å². The highest BCUT2D eigenvalue weighted by atomic mass is 16.1. The van der Waals surface area contributed by atoms with Crippen molar-refractivity contribution < 1.29 is 4.79 Å². The minimum Gasteiger partial charge on any atom is -0.300 e. The third kappa shape index (κ3) is 6.10. The molecular formula is C24H42O. The molecule has 0 amide bonds. The van der Waals surface area contributed by atoms with E-state index in [4.69, 9.17) is 0 Å². The number of Topliss-reactive ketones (excluding diaryl/α,β-unsaturated/α-hetero) is 1. The molecule has 4 saturated carbocycles. The number of hydrogen-bond donors (Lipinski definition) is 0. The monoisotopic (exact) mass is 346 g/mol. The fourth-order valence-corrected chi connectivity index (χ4v) is 6.88. The van der Waals surface area contributed by atoms with Crippen LogP contribution in [0.2, 0.25) is 0 Å². The molecule has 0 saturated heterocycles. The number of unbranched alkanes of at least 4 members (excludes halogenated alkanes) is 9. The van der Waals surface area contributed by atoms with Crippen molar-refractivity contribution in [3.63, 3.8) is 0 Å². The highest BCUT2D eigenvalue weighted by Crippen LogP contribution is 2.61. The van der Waals surface area contributed by atoms with Crippen molar-refractivity contribution in [2.45, 2.75) is 122 Å². The van der Waals surface area contributed by atoms with Gasteiger partial charge in [-0.1, -0.05) is 57.8 Å². The molecule has 0 spiro atoms. The second kappa shape index (κ2) is 9.56. The zero-order valence-electron chi connectivity index (χ0n) is 16.9. The molecule has 0 atom stereocenters. The molecule has 4 aliphatic carbocycles. The van der Waals surface area contributed by atoms with Gasteiger partial charge in [-0.15, -0.1) is 0 Å². The Morgan fingerprint density at radius 3 is 1.52 bits per heavy atom. The van der Waals surface area contributed by atoms with Gasteiger partial charge in [0, 0.05) is 6.42 Å². The van der Waals surface area contributed by atoms with E-state index in [0.29, 0.717) is 5.78 Å². The molecule has 1 heteroatoms. The minimum atomic E-state index is 0.355. The summed E-state index contributed by atoms with van der Waals surface area (Å²) in [7, 11) is 0. The summed E-state index contributed by atoms with van der Waals surface area (Å²) < 4.78 is 0. The molecule has 0 unspecified atom stereocenters. The Morgan fingerprint density at radius 2 is 1.08 bits per heavy atom. The highest BCUT2D eigenvalue weighted by molar-refractivity contribution is 5.75. The Bertz CT molecular complexity index is 375. The van der Waals surface area contributed by atoms with Gasteiger partial charge in [0.05, 0.1) is 0 Å². The van der Waals surface area contributed by atoms with Crippen LogP contribution in [0.25, 0.3) is 0 Å². The van der Waals surface area contributed by atoms with Crippen LogP contribution < -0.4 is 0 Å². The Hall–Kier alpha value is -0.330. The van der Waals surface area contributed by atoms with Gasteiger partial charge in [-0.2, -0.15) is 0 Å². The fourth-order valence-electron chi connectivity index (χ4n) is 6.88. The summed E-state index contributed by atoms with van der Waals surface area (Å²) in [6, 6.07) is 0. The molecule has 0 heterocycles. The van der Waals surface area contributed by atoms with Crippen LogP contribution in [0.5, 0.6) is 0 Å². The van der Waals surface area contributed by atoms with E-state index in [1.54, 1.807) is 51.9 Å². The summed E-state index contributed by atoms with van der Waals surface area (Å²) in [5.74, 6) is 3.73. The fraction of sp³-hybridized carbons (Fsp3) is 0.958. The van der Waals surface area contributed by atoms with Gasteiger partial charge in [-0.05, 0) is 81.5 Å². The first-order valence-electron chi connectivity index (χ1n) is 11.6. The van der Waals surface area contributed by atoms with Crippen LogP contribution in [0.3, 0.4) is 0 Å². The molecule has 4 fully saturated rings. The van der Waals surface area contributed by atoms with E-state index in [9.17, 15) is 4.79 Å². The largest absolute Gasteiger partial charge is 0.300 e. The van der Waals surface area contributed by atoms with E-state index >= 15 is 0 Å². The molecule has 0 radical (unpaired) electrons. The lowest BCUT2D eigenvalue weighted by Gasteiger charge is -2.57. The van der Waals surface area contributed by atoms with Crippen LogP contribution in [0.1, 0.15) is 122 Å². The van der Waals surface area contributed by atoms with Crippen molar-refractivity contribution >= 4 is 5.78 Å². The first kappa shape index (κ1) is 19.4. The van der Waals surface area contributed by atoms with Gasteiger partial charge < -0.3 is 4.79 Å². The smallest absolute Gasteiger partial charge is 0.129 e. The zero-order chi connectivity index (χ0) is 17.5. The van der Waals surface area contributed by atoms with Crippen molar-refractivity contribution in [2.24, 2.45) is 23.2 Å². The number of rotatable bonds is 13. The van der Waals surface area contributed by atoms with E-state index < -0.39 is 0 Å². The highest BCUT2D eigenvalue weighted by Gasteiger charge is 2.50. The van der Waals surface area contributed by atoms with Crippen LogP contribution in [0.4, 0.5) is 0 Å². The lowest BCUT2D eigenvalue weighted by atomic mass is 9.48. The number of hydrogen-bond acceptors (Lipinski definition) is 1. The van der Waals surface area contributed by atoms with E-state index in [1.807, 2.05) is 0 Å². The van der Waals surface area contributed by atoms with Crippen LogP contribution in [-0.4, -0.2) is 5.78 Å². The van der Waals surface area contributed by atoms with E-state index in [-0.39, 0.29) is 0 Å². The van der Waals surface area contributed by atoms with Gasteiger partial charge >= 0.3 is 0 Å². The second-order valence-electron chi connectivity index (χ2n) is 10.2. The average molecular weight is 347 g/mol. The molecule has 144 valence electrons. The maximum absolute atomic E-state index is 10.9. The lowest BCUT2D eigenvalue weighted by molar-refractivity contribution is -0.117. The molecule has 25 heavy (non-hydrogen) atoms. The second-order valence-corrected chi connectivity index (χ2v) is 10.2. The molecule has 1 nitrogen and oxygen atoms in total. The van der Waals surface area contributed by atoms with Crippen molar-refractivity contribution in [1.82, 2.24) is 0 Å². The molecule has 4 aliphatic rings. The molecule has 4 bridgehead atoms. The van der Waals surface area contributed by atoms with Crippen molar-refractivity contribution in [2.75, 3.05) is 0 Å². The molecular weight excluding hydrogens is 304 g/mol. The standard InChI is InChI=1S/C24H42O/c1-20(25)12-10-8-6-4-2-3-5-7-9-11-13-24-17-21-14-22(18-24)16-23(15-21)19-24/h21-23H,2-19H2,1H3. The third-order valence-electron chi connectivity index (χ3n) is 7.65. The van der Waals surface area contributed by atoms with Gasteiger partial charge in [-0.25, -0.2) is 0 Å². The summed E-state index contributed by atoms with van der Waals surface area (Å²) in [6.07, 6.45) is 25.8. The molecule has 0 aliphatic heterocycles. The number of carbonyl (C=O) groups is 1. The summed E-state index contributed by atoms with van der Waals surface area (Å²) >= 11 is 0. The molecule has 0 aromatic heterocycles. The maximum Gasteiger partial charge on any atom is 0.129 e. The summed E-state index contributed by atoms with van der Waals surface area (Å²) in [6.45, 7) is 1.71. The number of ketones is 1. The minimum absolute atomic E-state index is 0.355. The molecule has 0 aromatic carbocycles. The van der Waals surface area contributed by atoms with Gasteiger partial charge in [0.1, 0.15) is 5.78 Å². The lowest BCUT2D eigenvalue weighted by Crippen LogP contribution is -2.45. The molecule has 0 aromatic rings. The molecule has 0 N–H and O–H groups in total. The molecule has 4 rings (SSSR count). The predicted molar refractivity (Wildman–Crippen MR) is 107 cm³/mol. The summed E-state index contributed by atoms with van der Waals surface area (Å²) in [5, 5.41) is 0. The quantitative estimate of drug-likeness (QED) is 0.316. The third-order valence-corrected chi connectivity index (χ3v) is 7.65. The van der Waals surface area contributed by atoms with Gasteiger partial charge in [0.15, 0.2) is 0 Å². The van der Waals surface area contributed by atoms with Crippen LogP contribution in [0, 0.1) is 23.2 Å². The van der Waals surface area contributed by atoms with Gasteiger partial charge in [0.25, 0.3) is 0 Å². The summed E-state index contributed by atoms with van der Waals surface area (Å²) in [4.78, 5) is 10.9. The Kier molecular flexibility index (Phi) is 7.43. The predicted octanol–water partition coefficient (Wildman–Crippen LogP) is 7.47. The van der Waals surface area contributed by atoms with Crippen LogP contribution >= 0.6 is 0 Å². The normalized spacial score (nSPS) is 33.1. The Morgan fingerprint density at radius 1 is 0.680 bits per heavy atom. The van der Waals surface area contributed by atoms with E-state index in [0.717, 1.165) is 36.0 Å². The summed E-state index contributed by atoms with van der Waals surface area (Å²) in [5.41, 5.74) is 0.814. The average Bonchev–Trinajstić information content (AvgIpc) is 2.54. The van der Waals surface area contributed by atoms with Crippen LogP contribution in [0.15, 0.2) is 0 Å². The SMILES string of the molecule is CC(=O)CCCCCCCCCCCCC12CC3CC(CC(C3)C1)C2. The first-order chi connectivity index (χ1) is 12.2. The Balaban J connectivity index is 1.14. The van der Waals surface area contributed by atoms with Crippen LogP contribution in [-0.2, 0) is 4.79 Å². The van der Waals surface area contributed by atoms with E-state index in [1.165, 1.54) is 57.8 Å².